The Labute approximate surface area is 160 Å². The first kappa shape index (κ1) is 17.3. The van der Waals surface area contributed by atoms with E-state index in [-0.39, 0.29) is 5.92 Å². The summed E-state index contributed by atoms with van der Waals surface area (Å²) < 4.78 is 1.04. The third-order valence-corrected chi connectivity index (χ3v) is 4.95. The van der Waals surface area contributed by atoms with Crippen molar-refractivity contribution in [3.8, 4) is 0 Å². The number of allylic oxidation sites excluding steroid dienone is 1. The molecule has 3 rings (SSSR count). The van der Waals surface area contributed by atoms with Crippen LogP contribution in [-0.2, 0) is 0 Å². The van der Waals surface area contributed by atoms with Crippen LogP contribution in [0.4, 0.5) is 0 Å². The van der Waals surface area contributed by atoms with Crippen molar-refractivity contribution in [1.82, 2.24) is 0 Å². The largest absolute Gasteiger partial charge is 0.0843 e. The molecule has 3 aromatic carbocycles. The predicted molar refractivity (Wildman–Crippen MR) is 108 cm³/mol. The van der Waals surface area contributed by atoms with Crippen LogP contribution in [0.1, 0.15) is 22.6 Å². The summed E-state index contributed by atoms with van der Waals surface area (Å²) in [5.74, 6) is 0.0691. The molecular weight excluding hydrogens is 403 g/mol. The lowest BCUT2D eigenvalue weighted by Gasteiger charge is -2.15. The Balaban J connectivity index is 2.03. The average molecular weight is 418 g/mol. The molecule has 0 saturated carbocycles. The maximum Gasteiger partial charge on any atom is 0.0448 e. The third-order valence-electron chi connectivity index (χ3n) is 3.82. The van der Waals surface area contributed by atoms with E-state index in [1.807, 2.05) is 66.7 Å². The highest BCUT2D eigenvalue weighted by atomic mass is 79.9. The number of hydrogen-bond acceptors (Lipinski definition) is 0. The number of rotatable bonds is 4. The fourth-order valence-corrected chi connectivity index (χ4v) is 3.21. The zero-order chi connectivity index (χ0) is 16.9. The van der Waals surface area contributed by atoms with Crippen molar-refractivity contribution in [3.05, 3.63) is 111 Å². The zero-order valence-corrected chi connectivity index (χ0v) is 15.9. The molecule has 0 aromatic heterocycles. The van der Waals surface area contributed by atoms with Gasteiger partial charge in [-0.3, -0.25) is 0 Å². The van der Waals surface area contributed by atoms with Crippen LogP contribution in [0.5, 0.6) is 0 Å². The Hall–Kier alpha value is -1.54. The minimum absolute atomic E-state index is 0.0691. The zero-order valence-electron chi connectivity index (χ0n) is 12.8. The summed E-state index contributed by atoms with van der Waals surface area (Å²) >= 11 is 16.1. The van der Waals surface area contributed by atoms with Gasteiger partial charge in [-0.25, -0.2) is 0 Å². The second kappa shape index (κ2) is 8.02. The molecule has 0 aliphatic heterocycles. The van der Waals surface area contributed by atoms with Crippen molar-refractivity contribution in [2.75, 3.05) is 0 Å². The lowest BCUT2D eigenvalue weighted by Crippen LogP contribution is -1.98. The van der Waals surface area contributed by atoms with Gasteiger partial charge >= 0.3 is 0 Å². The van der Waals surface area contributed by atoms with E-state index in [4.69, 9.17) is 23.2 Å². The van der Waals surface area contributed by atoms with Crippen LogP contribution >= 0.6 is 39.1 Å². The molecule has 0 radical (unpaired) electrons. The topological polar surface area (TPSA) is 0 Å². The molecule has 0 aliphatic rings. The summed E-state index contributed by atoms with van der Waals surface area (Å²) in [5.41, 5.74) is 3.34. The van der Waals surface area contributed by atoms with E-state index >= 15 is 0 Å². The molecule has 1 atom stereocenters. The van der Waals surface area contributed by atoms with Gasteiger partial charge in [-0.2, -0.15) is 0 Å². The number of benzene rings is 3. The SMILES string of the molecule is Cl/C(=C/C(c1ccccc1)c1ccc(Cl)cc1)c1ccc(Br)cc1. The van der Waals surface area contributed by atoms with Crippen molar-refractivity contribution >= 4 is 44.2 Å². The molecule has 0 aliphatic carbocycles. The quantitative estimate of drug-likeness (QED) is 0.411. The van der Waals surface area contributed by atoms with Gasteiger partial charge in [-0.15, -0.1) is 0 Å². The molecular formula is C21H15BrCl2. The molecule has 3 heteroatoms. The molecule has 120 valence electrons. The van der Waals surface area contributed by atoms with E-state index in [2.05, 4.69) is 34.1 Å². The Kier molecular flexibility index (Phi) is 5.78. The highest BCUT2D eigenvalue weighted by molar-refractivity contribution is 9.10. The molecule has 0 amide bonds. The highest BCUT2D eigenvalue weighted by Gasteiger charge is 2.13. The van der Waals surface area contributed by atoms with E-state index < -0.39 is 0 Å². The molecule has 1 unspecified atom stereocenters. The standard InChI is InChI=1S/C21H15BrCl2/c22-18-10-6-17(7-11-18)21(24)14-20(15-4-2-1-3-5-15)16-8-12-19(23)13-9-16/h1-14,20H/b21-14+. The van der Waals surface area contributed by atoms with Crippen molar-refractivity contribution in [1.29, 1.82) is 0 Å². The molecule has 0 nitrogen and oxygen atoms in total. The molecule has 3 aromatic rings. The Morgan fingerprint density at radius 1 is 0.792 bits per heavy atom. The van der Waals surface area contributed by atoms with Gasteiger partial charge in [-0.1, -0.05) is 99.8 Å². The van der Waals surface area contributed by atoms with E-state index in [1.165, 1.54) is 5.56 Å². The third kappa shape index (κ3) is 4.30. The van der Waals surface area contributed by atoms with Gasteiger partial charge in [0.05, 0.1) is 0 Å². The lowest BCUT2D eigenvalue weighted by atomic mass is 9.90. The molecule has 0 bridgehead atoms. The molecule has 0 heterocycles. The molecule has 0 saturated heterocycles. The second-order valence-electron chi connectivity index (χ2n) is 5.46. The number of halogens is 3. The van der Waals surface area contributed by atoms with E-state index in [0.29, 0.717) is 0 Å². The van der Waals surface area contributed by atoms with Crippen molar-refractivity contribution in [3.63, 3.8) is 0 Å². The normalized spacial score (nSPS) is 12.9. The van der Waals surface area contributed by atoms with E-state index in [1.54, 1.807) is 0 Å². The minimum atomic E-state index is 0.0691. The van der Waals surface area contributed by atoms with E-state index in [0.717, 1.165) is 25.7 Å². The van der Waals surface area contributed by atoms with Gasteiger partial charge in [0.1, 0.15) is 0 Å². The summed E-state index contributed by atoms with van der Waals surface area (Å²) in [4.78, 5) is 0. The first-order chi connectivity index (χ1) is 11.6. The van der Waals surface area contributed by atoms with Crippen LogP contribution < -0.4 is 0 Å². The summed E-state index contributed by atoms with van der Waals surface area (Å²) in [7, 11) is 0. The van der Waals surface area contributed by atoms with Crippen molar-refractivity contribution in [2.24, 2.45) is 0 Å². The van der Waals surface area contributed by atoms with Gasteiger partial charge < -0.3 is 0 Å². The van der Waals surface area contributed by atoms with Gasteiger partial charge in [0.15, 0.2) is 0 Å². The fraction of sp³-hybridized carbons (Fsp3) is 0.0476. The van der Waals surface area contributed by atoms with E-state index in [9.17, 15) is 0 Å². The first-order valence-electron chi connectivity index (χ1n) is 7.57. The van der Waals surface area contributed by atoms with Gasteiger partial charge in [0, 0.05) is 20.4 Å². The number of hydrogen-bond donors (Lipinski definition) is 0. The Bertz CT molecular complexity index is 822. The monoisotopic (exact) mass is 416 g/mol. The van der Waals surface area contributed by atoms with Crippen LogP contribution in [0.25, 0.3) is 5.03 Å². The Morgan fingerprint density at radius 2 is 1.38 bits per heavy atom. The molecule has 0 fully saturated rings. The maximum atomic E-state index is 6.60. The molecule has 0 N–H and O–H groups in total. The summed E-state index contributed by atoms with van der Waals surface area (Å²) in [5, 5.41) is 1.46. The van der Waals surface area contributed by atoms with Crippen molar-refractivity contribution < 1.29 is 0 Å². The van der Waals surface area contributed by atoms with Gasteiger partial charge in [0.25, 0.3) is 0 Å². The van der Waals surface area contributed by atoms with Crippen LogP contribution in [0, 0.1) is 0 Å². The van der Waals surface area contributed by atoms with Crippen LogP contribution in [0.15, 0.2) is 89.4 Å². The summed E-state index contributed by atoms with van der Waals surface area (Å²) in [6, 6.07) is 26.2. The predicted octanol–water partition coefficient (Wildman–Crippen LogP) is 7.51. The van der Waals surface area contributed by atoms with Crippen molar-refractivity contribution in [2.45, 2.75) is 5.92 Å². The highest BCUT2D eigenvalue weighted by Crippen LogP contribution is 2.32. The smallest absolute Gasteiger partial charge is 0.0448 e. The van der Waals surface area contributed by atoms with Gasteiger partial charge in [-0.05, 0) is 41.0 Å². The molecule has 0 spiro atoms. The minimum Gasteiger partial charge on any atom is -0.0843 e. The average Bonchev–Trinajstić information content (AvgIpc) is 2.62. The lowest BCUT2D eigenvalue weighted by molar-refractivity contribution is 1.03. The first-order valence-corrected chi connectivity index (χ1v) is 9.12. The van der Waals surface area contributed by atoms with Crippen LogP contribution in [0.2, 0.25) is 5.02 Å². The van der Waals surface area contributed by atoms with Crippen LogP contribution in [-0.4, -0.2) is 0 Å². The van der Waals surface area contributed by atoms with Gasteiger partial charge in [0.2, 0.25) is 0 Å². The summed E-state index contributed by atoms with van der Waals surface area (Å²) in [6.07, 6.45) is 2.09. The fourth-order valence-electron chi connectivity index (χ4n) is 2.57. The maximum absolute atomic E-state index is 6.60. The van der Waals surface area contributed by atoms with Crippen LogP contribution in [0.3, 0.4) is 0 Å². The Morgan fingerprint density at radius 3 is 2.00 bits per heavy atom. The summed E-state index contributed by atoms with van der Waals surface area (Å²) in [6.45, 7) is 0. The molecule has 24 heavy (non-hydrogen) atoms. The second-order valence-corrected chi connectivity index (χ2v) is 7.22.